The molecule has 0 radical (unpaired) electrons. The van der Waals surface area contributed by atoms with E-state index >= 15 is 0 Å². The fraction of sp³-hybridized carbons (Fsp3) is 0.214. The number of rotatable bonds is 3. The zero-order valence-corrected chi connectivity index (χ0v) is 10.3. The predicted octanol–water partition coefficient (Wildman–Crippen LogP) is 2.97. The van der Waals surface area contributed by atoms with Crippen molar-refractivity contribution in [2.75, 3.05) is 0 Å². The predicted molar refractivity (Wildman–Crippen MR) is 68.5 cm³/mol. The highest BCUT2D eigenvalue weighted by atomic mass is 16.4. The van der Waals surface area contributed by atoms with Crippen LogP contribution in [0.25, 0.3) is 11.3 Å². The quantitative estimate of drug-likeness (QED) is 0.898. The number of carbonyl (C=O) groups is 1. The van der Waals surface area contributed by atoms with Gasteiger partial charge >= 0.3 is 5.97 Å². The average molecular weight is 242 g/mol. The van der Waals surface area contributed by atoms with E-state index in [4.69, 9.17) is 5.11 Å². The van der Waals surface area contributed by atoms with E-state index in [2.05, 4.69) is 23.8 Å². The second-order valence-corrected chi connectivity index (χ2v) is 4.35. The molecule has 0 aliphatic rings. The van der Waals surface area contributed by atoms with Crippen LogP contribution in [0.5, 0.6) is 0 Å². The molecule has 0 saturated carbocycles. The van der Waals surface area contributed by atoms with Crippen LogP contribution >= 0.6 is 0 Å². The number of hydrogen-bond donors (Lipinski definition) is 1. The van der Waals surface area contributed by atoms with Gasteiger partial charge in [0.2, 0.25) is 5.82 Å². The van der Waals surface area contributed by atoms with Gasteiger partial charge in [0.25, 0.3) is 0 Å². The van der Waals surface area contributed by atoms with Gasteiger partial charge in [0.1, 0.15) is 0 Å². The minimum atomic E-state index is -1.12. The van der Waals surface area contributed by atoms with Crippen LogP contribution in [0.2, 0.25) is 0 Å². The Labute approximate surface area is 105 Å². The lowest BCUT2D eigenvalue weighted by atomic mass is 10.0. The lowest BCUT2D eigenvalue weighted by Crippen LogP contribution is -2.04. The third kappa shape index (κ3) is 2.53. The van der Waals surface area contributed by atoms with Crippen LogP contribution in [0, 0.1) is 0 Å². The van der Waals surface area contributed by atoms with Crippen molar-refractivity contribution < 1.29 is 9.90 Å². The van der Waals surface area contributed by atoms with Crippen LogP contribution < -0.4 is 0 Å². The van der Waals surface area contributed by atoms with Crippen LogP contribution in [0.15, 0.2) is 36.5 Å². The minimum absolute atomic E-state index is 0.180. The summed E-state index contributed by atoms with van der Waals surface area (Å²) in [6.07, 6.45) is 1.46. The van der Waals surface area contributed by atoms with Gasteiger partial charge in [0.15, 0.2) is 0 Å². The first-order valence-corrected chi connectivity index (χ1v) is 5.74. The van der Waals surface area contributed by atoms with Gasteiger partial charge in [-0.1, -0.05) is 38.1 Å². The van der Waals surface area contributed by atoms with E-state index in [1.54, 1.807) is 6.07 Å². The molecule has 0 amide bonds. The Hall–Kier alpha value is -2.23. The lowest BCUT2D eigenvalue weighted by molar-refractivity contribution is 0.0683. The lowest BCUT2D eigenvalue weighted by Gasteiger charge is -2.06. The molecule has 92 valence electrons. The molecule has 1 N–H and O–H groups in total. The van der Waals surface area contributed by atoms with E-state index in [1.165, 1.54) is 11.8 Å². The molecule has 18 heavy (non-hydrogen) atoms. The molecule has 0 aliphatic carbocycles. The number of aromatic carboxylic acids is 1. The Morgan fingerprint density at radius 1 is 1.17 bits per heavy atom. The Kier molecular flexibility index (Phi) is 3.37. The molecule has 0 spiro atoms. The van der Waals surface area contributed by atoms with Crippen molar-refractivity contribution >= 4 is 5.97 Å². The van der Waals surface area contributed by atoms with Crippen LogP contribution in [0.1, 0.15) is 35.9 Å². The highest BCUT2D eigenvalue weighted by Crippen LogP contribution is 2.20. The maximum Gasteiger partial charge on any atom is 0.373 e. The first kappa shape index (κ1) is 12.2. The Morgan fingerprint density at radius 3 is 2.39 bits per heavy atom. The molecule has 0 fully saturated rings. The van der Waals surface area contributed by atoms with Crippen molar-refractivity contribution in [3.8, 4) is 11.3 Å². The summed E-state index contributed by atoms with van der Waals surface area (Å²) in [5, 5.41) is 8.85. The number of carboxylic acids is 1. The summed E-state index contributed by atoms with van der Waals surface area (Å²) < 4.78 is 0. The second-order valence-electron chi connectivity index (χ2n) is 4.35. The summed E-state index contributed by atoms with van der Waals surface area (Å²) in [7, 11) is 0. The monoisotopic (exact) mass is 242 g/mol. The molecule has 1 aromatic carbocycles. The van der Waals surface area contributed by atoms with Crippen LogP contribution in [0.3, 0.4) is 0 Å². The van der Waals surface area contributed by atoms with Crippen LogP contribution in [-0.4, -0.2) is 21.0 Å². The maximum absolute atomic E-state index is 10.8. The fourth-order valence-electron chi connectivity index (χ4n) is 1.66. The third-order valence-corrected chi connectivity index (χ3v) is 2.72. The zero-order chi connectivity index (χ0) is 13.1. The van der Waals surface area contributed by atoms with Crippen molar-refractivity contribution in [2.24, 2.45) is 0 Å². The van der Waals surface area contributed by atoms with E-state index in [-0.39, 0.29) is 5.82 Å². The molecule has 0 aliphatic heterocycles. The molecular weight excluding hydrogens is 228 g/mol. The van der Waals surface area contributed by atoms with Gasteiger partial charge in [-0.25, -0.2) is 14.8 Å². The van der Waals surface area contributed by atoms with Crippen molar-refractivity contribution in [2.45, 2.75) is 19.8 Å². The number of hydrogen-bond acceptors (Lipinski definition) is 3. The molecule has 0 atom stereocenters. The molecule has 4 nitrogen and oxygen atoms in total. The van der Waals surface area contributed by atoms with E-state index in [0.717, 1.165) is 5.56 Å². The Morgan fingerprint density at radius 2 is 1.83 bits per heavy atom. The molecule has 2 rings (SSSR count). The number of benzene rings is 1. The second kappa shape index (κ2) is 4.96. The van der Waals surface area contributed by atoms with Gasteiger partial charge in [-0.3, -0.25) is 0 Å². The van der Waals surface area contributed by atoms with Crippen LogP contribution in [-0.2, 0) is 0 Å². The van der Waals surface area contributed by atoms with E-state index < -0.39 is 5.97 Å². The Bertz CT molecular complexity index is 562. The van der Waals surface area contributed by atoms with Crippen LogP contribution in [0.4, 0.5) is 0 Å². The first-order chi connectivity index (χ1) is 8.58. The minimum Gasteiger partial charge on any atom is -0.475 e. The smallest absolute Gasteiger partial charge is 0.373 e. The summed E-state index contributed by atoms with van der Waals surface area (Å²) in [5.74, 6) is -0.824. The SMILES string of the molecule is CC(C)c1ccc(-c2ccnc(C(=O)O)n2)cc1. The maximum atomic E-state index is 10.8. The summed E-state index contributed by atoms with van der Waals surface area (Å²) in [4.78, 5) is 18.5. The topological polar surface area (TPSA) is 63.1 Å². The molecule has 0 saturated heterocycles. The summed E-state index contributed by atoms with van der Waals surface area (Å²) in [5.41, 5.74) is 2.76. The number of carboxylic acid groups (broad SMARTS) is 1. The summed E-state index contributed by atoms with van der Waals surface area (Å²) in [6.45, 7) is 4.25. The number of aromatic nitrogens is 2. The van der Waals surface area contributed by atoms with E-state index in [9.17, 15) is 4.79 Å². The van der Waals surface area contributed by atoms with E-state index in [1.807, 2.05) is 24.3 Å². The first-order valence-electron chi connectivity index (χ1n) is 5.74. The van der Waals surface area contributed by atoms with Gasteiger partial charge in [-0.05, 0) is 17.5 Å². The van der Waals surface area contributed by atoms with Gasteiger partial charge in [-0.15, -0.1) is 0 Å². The highest BCUT2D eigenvalue weighted by molar-refractivity contribution is 5.83. The molecule has 0 bridgehead atoms. The third-order valence-electron chi connectivity index (χ3n) is 2.72. The van der Waals surface area contributed by atoms with Crippen molar-refractivity contribution in [3.63, 3.8) is 0 Å². The molecular formula is C14H14N2O2. The molecule has 1 aromatic heterocycles. The Balaban J connectivity index is 2.36. The summed E-state index contributed by atoms with van der Waals surface area (Å²) >= 11 is 0. The van der Waals surface area contributed by atoms with Crippen molar-refractivity contribution in [3.05, 3.63) is 47.9 Å². The van der Waals surface area contributed by atoms with Gasteiger partial charge in [0, 0.05) is 11.8 Å². The average Bonchev–Trinajstić information content (AvgIpc) is 2.39. The molecule has 0 unspecified atom stereocenters. The molecule has 2 aromatic rings. The summed E-state index contributed by atoms with van der Waals surface area (Å²) in [6, 6.07) is 9.66. The van der Waals surface area contributed by atoms with Gasteiger partial charge < -0.3 is 5.11 Å². The highest BCUT2D eigenvalue weighted by Gasteiger charge is 2.08. The molecule has 1 heterocycles. The van der Waals surface area contributed by atoms with Crippen molar-refractivity contribution in [1.82, 2.24) is 9.97 Å². The van der Waals surface area contributed by atoms with Gasteiger partial charge in [0.05, 0.1) is 5.69 Å². The molecule has 4 heteroatoms. The zero-order valence-electron chi connectivity index (χ0n) is 10.3. The fourth-order valence-corrected chi connectivity index (χ4v) is 1.66. The normalized spacial score (nSPS) is 10.6. The van der Waals surface area contributed by atoms with Crippen molar-refractivity contribution in [1.29, 1.82) is 0 Å². The number of nitrogens with zero attached hydrogens (tertiary/aromatic N) is 2. The standard InChI is InChI=1S/C14H14N2O2/c1-9(2)10-3-5-11(6-4-10)12-7-8-15-13(16-12)14(17)18/h3-9H,1-2H3,(H,17,18). The van der Waals surface area contributed by atoms with Gasteiger partial charge in [-0.2, -0.15) is 0 Å². The largest absolute Gasteiger partial charge is 0.475 e. The van der Waals surface area contributed by atoms with E-state index in [0.29, 0.717) is 11.6 Å².